The van der Waals surface area contributed by atoms with E-state index in [1.165, 1.54) is 0 Å². The molecule has 19 heavy (non-hydrogen) atoms. The van der Waals surface area contributed by atoms with Gasteiger partial charge in [0.25, 0.3) is 0 Å². The summed E-state index contributed by atoms with van der Waals surface area (Å²) in [5.74, 6) is -0.230. The Balaban J connectivity index is 2.04. The van der Waals surface area contributed by atoms with Gasteiger partial charge in [-0.2, -0.15) is 0 Å². The number of hydrogen-bond donors (Lipinski definition) is 3. The molecule has 0 aliphatic rings. The van der Waals surface area contributed by atoms with Crippen molar-refractivity contribution in [3.8, 4) is 0 Å². The molecule has 1 atom stereocenters. The van der Waals surface area contributed by atoms with Crippen LogP contribution >= 0.6 is 11.6 Å². The van der Waals surface area contributed by atoms with Crippen LogP contribution in [0.5, 0.6) is 0 Å². The molecule has 5 heteroatoms. The third-order valence-corrected chi connectivity index (χ3v) is 3.04. The molecule has 2 aromatic rings. The first-order valence-corrected chi connectivity index (χ1v) is 6.37. The van der Waals surface area contributed by atoms with E-state index >= 15 is 0 Å². The van der Waals surface area contributed by atoms with Gasteiger partial charge in [-0.25, -0.2) is 0 Å². The van der Waals surface area contributed by atoms with E-state index in [0.29, 0.717) is 11.5 Å². The third-order valence-electron chi connectivity index (χ3n) is 2.91. The number of amides is 1. The number of hydrogen-bond acceptors (Lipinski definition) is 2. The minimum absolute atomic E-state index is 0.230. The van der Waals surface area contributed by atoms with Crippen molar-refractivity contribution in [2.24, 2.45) is 5.73 Å². The van der Waals surface area contributed by atoms with Crippen molar-refractivity contribution in [3.63, 3.8) is 0 Å². The highest BCUT2D eigenvalue weighted by Gasteiger charge is 2.15. The highest BCUT2D eigenvalue weighted by molar-refractivity contribution is 6.29. The first-order valence-electron chi connectivity index (χ1n) is 5.99. The Kier molecular flexibility index (Phi) is 4.24. The van der Waals surface area contributed by atoms with Crippen LogP contribution in [0.4, 0.5) is 0 Å². The molecule has 1 amide bonds. The smallest absolute Gasteiger partial charge is 0.237 e. The van der Waals surface area contributed by atoms with Crippen LogP contribution in [-0.4, -0.2) is 23.5 Å². The molecule has 4 nitrogen and oxygen atoms in total. The number of halogens is 1. The Bertz CT molecular complexity index is 606. The summed E-state index contributed by atoms with van der Waals surface area (Å²) in [5.41, 5.74) is 7.96. The molecule has 0 aliphatic carbocycles. The molecule has 1 heterocycles. The van der Waals surface area contributed by atoms with Crippen LogP contribution in [0.2, 0.25) is 0 Å². The predicted molar refractivity (Wildman–Crippen MR) is 78.0 cm³/mol. The number of aromatic nitrogens is 1. The average Bonchev–Trinajstić information content (AvgIpc) is 2.79. The maximum Gasteiger partial charge on any atom is 0.237 e. The highest BCUT2D eigenvalue weighted by Crippen LogP contribution is 2.18. The van der Waals surface area contributed by atoms with E-state index in [0.717, 1.165) is 16.5 Å². The van der Waals surface area contributed by atoms with Gasteiger partial charge in [0.2, 0.25) is 5.91 Å². The lowest BCUT2D eigenvalue weighted by molar-refractivity contribution is -0.122. The van der Waals surface area contributed by atoms with Crippen molar-refractivity contribution in [3.05, 3.63) is 47.6 Å². The first kappa shape index (κ1) is 13.6. The number of nitrogens with two attached hydrogens (primary N) is 1. The Morgan fingerprint density at radius 1 is 1.47 bits per heavy atom. The van der Waals surface area contributed by atoms with Gasteiger partial charge in [-0.1, -0.05) is 36.4 Å². The van der Waals surface area contributed by atoms with Crippen LogP contribution in [0.15, 0.2) is 42.1 Å². The number of benzene rings is 1. The first-order chi connectivity index (χ1) is 9.08. The van der Waals surface area contributed by atoms with Gasteiger partial charge in [0.1, 0.15) is 0 Å². The number of nitrogens with one attached hydrogen (secondary N) is 2. The summed E-state index contributed by atoms with van der Waals surface area (Å²) in [6.07, 6.45) is 2.36. The third kappa shape index (κ3) is 3.36. The van der Waals surface area contributed by atoms with Crippen molar-refractivity contribution in [2.75, 3.05) is 6.54 Å². The fraction of sp³-hybridized carbons (Fsp3) is 0.214. The Hall–Kier alpha value is -1.78. The zero-order valence-corrected chi connectivity index (χ0v) is 11.2. The van der Waals surface area contributed by atoms with Gasteiger partial charge in [0.15, 0.2) is 0 Å². The van der Waals surface area contributed by atoms with Gasteiger partial charge in [-0.15, -0.1) is 0 Å². The van der Waals surface area contributed by atoms with Crippen molar-refractivity contribution in [2.45, 2.75) is 12.5 Å². The van der Waals surface area contributed by atoms with E-state index in [1.54, 1.807) is 0 Å². The van der Waals surface area contributed by atoms with Gasteiger partial charge in [0, 0.05) is 22.1 Å². The minimum atomic E-state index is -0.602. The molecular weight excluding hydrogens is 262 g/mol. The van der Waals surface area contributed by atoms with E-state index in [-0.39, 0.29) is 12.5 Å². The van der Waals surface area contributed by atoms with Crippen molar-refractivity contribution >= 4 is 28.4 Å². The molecule has 100 valence electrons. The number of carbonyl (C=O) groups is 1. The van der Waals surface area contributed by atoms with E-state index in [2.05, 4.69) is 16.9 Å². The van der Waals surface area contributed by atoms with Crippen LogP contribution in [0.25, 0.3) is 10.9 Å². The monoisotopic (exact) mass is 277 g/mol. The standard InChI is InChI=1S/C14H16ClN3O/c1-9(15)7-18-14(19)12(16)6-10-8-17-13-5-3-2-4-11(10)13/h2-5,8,12,17H,1,6-7,16H2,(H,18,19)/t12-/m0/s1. The SMILES string of the molecule is C=C(Cl)CNC(=O)[C@@H](N)Cc1c[nH]c2ccccc12. The number of fused-ring (bicyclic) bond motifs is 1. The molecule has 0 radical (unpaired) electrons. The largest absolute Gasteiger partial charge is 0.361 e. The van der Waals surface area contributed by atoms with Crippen LogP contribution in [-0.2, 0) is 11.2 Å². The normalized spacial score (nSPS) is 12.3. The summed E-state index contributed by atoms with van der Waals surface area (Å²) < 4.78 is 0. The lowest BCUT2D eigenvalue weighted by Crippen LogP contribution is -2.42. The summed E-state index contributed by atoms with van der Waals surface area (Å²) in [7, 11) is 0. The summed E-state index contributed by atoms with van der Waals surface area (Å²) in [6.45, 7) is 3.75. The summed E-state index contributed by atoms with van der Waals surface area (Å²) in [6, 6.07) is 7.31. The van der Waals surface area contributed by atoms with E-state index in [4.69, 9.17) is 17.3 Å². The number of aromatic amines is 1. The average molecular weight is 278 g/mol. The number of H-pyrrole nitrogens is 1. The Morgan fingerprint density at radius 2 is 2.21 bits per heavy atom. The molecule has 2 rings (SSSR count). The molecule has 0 spiro atoms. The van der Waals surface area contributed by atoms with Gasteiger partial charge in [0.05, 0.1) is 12.6 Å². The number of carbonyl (C=O) groups excluding carboxylic acids is 1. The molecule has 0 fully saturated rings. The predicted octanol–water partition coefficient (Wildman–Crippen LogP) is 1.91. The fourth-order valence-corrected chi connectivity index (χ4v) is 2.01. The molecule has 4 N–H and O–H groups in total. The van der Waals surface area contributed by atoms with Crippen LogP contribution in [0, 0.1) is 0 Å². The fourth-order valence-electron chi connectivity index (χ4n) is 1.94. The molecular formula is C14H16ClN3O. The van der Waals surface area contributed by atoms with Crippen molar-refractivity contribution < 1.29 is 4.79 Å². The minimum Gasteiger partial charge on any atom is -0.361 e. The molecule has 0 bridgehead atoms. The quantitative estimate of drug-likeness (QED) is 0.781. The van der Waals surface area contributed by atoms with Crippen LogP contribution < -0.4 is 11.1 Å². The molecule has 0 saturated carbocycles. The second-order valence-corrected chi connectivity index (χ2v) is 4.94. The van der Waals surface area contributed by atoms with Gasteiger partial charge in [-0.05, 0) is 18.1 Å². The van der Waals surface area contributed by atoms with Crippen LogP contribution in [0.3, 0.4) is 0 Å². The number of para-hydroxylation sites is 1. The summed E-state index contributed by atoms with van der Waals surface area (Å²) in [4.78, 5) is 14.9. The second-order valence-electron chi connectivity index (χ2n) is 4.41. The zero-order valence-electron chi connectivity index (χ0n) is 10.4. The van der Waals surface area contributed by atoms with Gasteiger partial charge < -0.3 is 16.0 Å². The topological polar surface area (TPSA) is 70.9 Å². The summed E-state index contributed by atoms with van der Waals surface area (Å²) in [5, 5.41) is 4.11. The van der Waals surface area contributed by atoms with Crippen molar-refractivity contribution in [1.29, 1.82) is 0 Å². The zero-order chi connectivity index (χ0) is 13.8. The maximum absolute atomic E-state index is 11.8. The van der Waals surface area contributed by atoms with Crippen molar-refractivity contribution in [1.82, 2.24) is 10.3 Å². The van der Waals surface area contributed by atoms with E-state index in [1.807, 2.05) is 30.5 Å². The number of rotatable bonds is 5. The van der Waals surface area contributed by atoms with E-state index < -0.39 is 6.04 Å². The Morgan fingerprint density at radius 3 is 2.95 bits per heavy atom. The van der Waals surface area contributed by atoms with Gasteiger partial charge >= 0.3 is 0 Å². The van der Waals surface area contributed by atoms with E-state index in [9.17, 15) is 4.79 Å². The van der Waals surface area contributed by atoms with Crippen LogP contribution in [0.1, 0.15) is 5.56 Å². The van der Waals surface area contributed by atoms with Gasteiger partial charge in [-0.3, -0.25) is 4.79 Å². The second kappa shape index (κ2) is 5.91. The maximum atomic E-state index is 11.8. The highest BCUT2D eigenvalue weighted by atomic mass is 35.5. The molecule has 0 aliphatic heterocycles. The summed E-state index contributed by atoms with van der Waals surface area (Å²) >= 11 is 5.59. The lowest BCUT2D eigenvalue weighted by Gasteiger charge is -2.11. The molecule has 1 aromatic heterocycles. The molecule has 1 aromatic carbocycles. The Labute approximate surface area is 116 Å². The molecule has 0 unspecified atom stereocenters. The lowest BCUT2D eigenvalue weighted by atomic mass is 10.1. The molecule has 0 saturated heterocycles.